The van der Waals surface area contributed by atoms with Gasteiger partial charge in [-0.15, -0.1) is 0 Å². The molecule has 0 radical (unpaired) electrons. The van der Waals surface area contributed by atoms with Gasteiger partial charge in [-0.05, 0) is 44.1 Å². The first-order chi connectivity index (χ1) is 10.2. The Bertz CT molecular complexity index is 336. The molecular weight excluding hydrogens is 266 g/mol. The largest absolute Gasteiger partial charge is 0.354 e. The third kappa shape index (κ3) is 7.46. The molecule has 2 aliphatic carbocycles. The topological polar surface area (TPSA) is 70.2 Å². The number of hydrogen-bond donors (Lipinski definition) is 3. The van der Waals surface area contributed by atoms with E-state index in [1.165, 1.54) is 44.9 Å². The highest BCUT2D eigenvalue weighted by Gasteiger charge is 2.20. The van der Waals surface area contributed by atoms with Gasteiger partial charge in [0.05, 0.1) is 6.54 Å². The second-order valence-corrected chi connectivity index (χ2v) is 6.48. The molecule has 2 saturated carbocycles. The van der Waals surface area contributed by atoms with Gasteiger partial charge in [0.25, 0.3) is 0 Å². The van der Waals surface area contributed by atoms with Gasteiger partial charge in [0.15, 0.2) is 0 Å². The maximum absolute atomic E-state index is 11.8. The quantitative estimate of drug-likeness (QED) is 0.560. The first kappa shape index (κ1) is 16.3. The molecule has 0 heterocycles. The van der Waals surface area contributed by atoms with E-state index in [2.05, 4.69) is 16.0 Å². The first-order valence-corrected chi connectivity index (χ1v) is 8.48. The van der Waals surface area contributed by atoms with Crippen LogP contribution in [0.4, 0.5) is 0 Å². The molecule has 3 N–H and O–H groups in total. The van der Waals surface area contributed by atoms with Crippen molar-refractivity contribution in [2.45, 2.75) is 51.4 Å². The Morgan fingerprint density at radius 1 is 0.810 bits per heavy atom. The molecule has 0 saturated heterocycles. The molecule has 0 aromatic rings. The van der Waals surface area contributed by atoms with Crippen molar-refractivity contribution in [1.82, 2.24) is 16.0 Å². The van der Waals surface area contributed by atoms with Gasteiger partial charge >= 0.3 is 0 Å². The summed E-state index contributed by atoms with van der Waals surface area (Å²) in [6.07, 6.45) is 9.47. The zero-order valence-corrected chi connectivity index (χ0v) is 13.0. The number of hydrogen-bond acceptors (Lipinski definition) is 3. The minimum atomic E-state index is 0.0113. The monoisotopic (exact) mass is 295 g/mol. The van der Waals surface area contributed by atoms with Crippen LogP contribution in [0.1, 0.15) is 51.4 Å². The number of carbonyl (C=O) groups excluding carboxylic acids is 2. The number of carbonyl (C=O) groups is 2. The highest BCUT2D eigenvalue weighted by Crippen LogP contribution is 2.27. The van der Waals surface area contributed by atoms with E-state index < -0.39 is 0 Å². The van der Waals surface area contributed by atoms with Crippen LogP contribution in [0.25, 0.3) is 0 Å². The molecule has 0 aromatic heterocycles. The molecule has 0 spiro atoms. The van der Waals surface area contributed by atoms with Gasteiger partial charge < -0.3 is 16.0 Å². The van der Waals surface area contributed by atoms with Crippen LogP contribution in [0.15, 0.2) is 0 Å². The summed E-state index contributed by atoms with van der Waals surface area (Å²) in [7, 11) is 0. The fourth-order valence-electron chi connectivity index (χ4n) is 2.90. The van der Waals surface area contributed by atoms with E-state index >= 15 is 0 Å². The maximum atomic E-state index is 11.8. The molecule has 2 rings (SSSR count). The average molecular weight is 295 g/mol. The van der Waals surface area contributed by atoms with Crippen LogP contribution in [-0.4, -0.2) is 38.0 Å². The van der Waals surface area contributed by atoms with Crippen LogP contribution >= 0.6 is 0 Å². The lowest BCUT2D eigenvalue weighted by Crippen LogP contribution is -2.39. The summed E-state index contributed by atoms with van der Waals surface area (Å²) in [4.78, 5) is 23.3. The van der Waals surface area contributed by atoms with E-state index in [0.717, 1.165) is 12.5 Å². The standard InChI is InChI=1S/C16H29N3O2/c20-15(10-13-4-2-1-3-5-13)18-8-9-19-16(21)12-17-11-14-6-7-14/h13-14,17H,1-12H2,(H,18,20)(H,19,21). The zero-order valence-electron chi connectivity index (χ0n) is 13.0. The van der Waals surface area contributed by atoms with E-state index in [9.17, 15) is 9.59 Å². The minimum Gasteiger partial charge on any atom is -0.354 e. The third-order valence-corrected chi connectivity index (χ3v) is 4.38. The van der Waals surface area contributed by atoms with Crippen molar-refractivity contribution in [2.75, 3.05) is 26.2 Å². The molecule has 2 aliphatic rings. The van der Waals surface area contributed by atoms with Crippen LogP contribution in [-0.2, 0) is 9.59 Å². The van der Waals surface area contributed by atoms with E-state index in [1.54, 1.807) is 0 Å². The van der Waals surface area contributed by atoms with Gasteiger partial charge in [-0.3, -0.25) is 9.59 Å². The molecule has 0 aliphatic heterocycles. The lowest BCUT2D eigenvalue weighted by atomic mass is 9.87. The zero-order chi connectivity index (χ0) is 14.9. The Morgan fingerprint density at radius 3 is 2.14 bits per heavy atom. The van der Waals surface area contributed by atoms with Crippen molar-refractivity contribution in [3.05, 3.63) is 0 Å². The summed E-state index contributed by atoms with van der Waals surface area (Å²) in [5.74, 6) is 1.50. The fourth-order valence-corrected chi connectivity index (χ4v) is 2.90. The van der Waals surface area contributed by atoms with Crippen LogP contribution in [0.5, 0.6) is 0 Å². The predicted molar refractivity (Wildman–Crippen MR) is 82.8 cm³/mol. The summed E-state index contributed by atoms with van der Waals surface area (Å²) < 4.78 is 0. The lowest BCUT2D eigenvalue weighted by molar-refractivity contribution is -0.123. The Labute approximate surface area is 127 Å². The molecule has 2 fully saturated rings. The molecule has 120 valence electrons. The van der Waals surface area contributed by atoms with Crippen LogP contribution in [0.2, 0.25) is 0 Å². The van der Waals surface area contributed by atoms with Crippen molar-refractivity contribution in [2.24, 2.45) is 11.8 Å². The molecule has 0 bridgehead atoms. The van der Waals surface area contributed by atoms with Crippen molar-refractivity contribution < 1.29 is 9.59 Å². The fraction of sp³-hybridized carbons (Fsp3) is 0.875. The molecule has 5 nitrogen and oxygen atoms in total. The maximum Gasteiger partial charge on any atom is 0.234 e. The van der Waals surface area contributed by atoms with Gasteiger partial charge in [0.2, 0.25) is 11.8 Å². The third-order valence-electron chi connectivity index (χ3n) is 4.38. The highest BCUT2D eigenvalue weighted by molar-refractivity contribution is 5.78. The Balaban J connectivity index is 1.42. The van der Waals surface area contributed by atoms with E-state index in [4.69, 9.17) is 0 Å². The van der Waals surface area contributed by atoms with Crippen LogP contribution in [0, 0.1) is 11.8 Å². The molecule has 21 heavy (non-hydrogen) atoms. The molecule has 0 unspecified atom stereocenters. The molecular formula is C16H29N3O2. The summed E-state index contributed by atoms with van der Waals surface area (Å²) in [5, 5.41) is 8.87. The Kier molecular flexibility index (Phi) is 7.00. The van der Waals surface area contributed by atoms with Gasteiger partial charge in [0.1, 0.15) is 0 Å². The first-order valence-electron chi connectivity index (χ1n) is 8.48. The van der Waals surface area contributed by atoms with Gasteiger partial charge in [-0.1, -0.05) is 19.3 Å². The summed E-state index contributed by atoms with van der Waals surface area (Å²) in [6, 6.07) is 0. The van der Waals surface area contributed by atoms with Crippen molar-refractivity contribution in [3.8, 4) is 0 Å². The second kappa shape index (κ2) is 9.03. The van der Waals surface area contributed by atoms with Crippen molar-refractivity contribution in [3.63, 3.8) is 0 Å². The SMILES string of the molecule is O=C(CNCC1CC1)NCCNC(=O)CC1CCCCC1. The van der Waals surface area contributed by atoms with E-state index in [0.29, 0.717) is 32.0 Å². The number of amides is 2. The Hall–Kier alpha value is -1.10. The molecule has 2 amide bonds. The molecule has 5 heteroatoms. The van der Waals surface area contributed by atoms with E-state index in [1.807, 2.05) is 0 Å². The summed E-state index contributed by atoms with van der Waals surface area (Å²) in [5.41, 5.74) is 0. The van der Waals surface area contributed by atoms with Crippen molar-refractivity contribution in [1.29, 1.82) is 0 Å². The second-order valence-electron chi connectivity index (χ2n) is 6.48. The van der Waals surface area contributed by atoms with Gasteiger partial charge in [0, 0.05) is 19.5 Å². The minimum absolute atomic E-state index is 0.0113. The average Bonchev–Trinajstić information content (AvgIpc) is 3.29. The summed E-state index contributed by atoms with van der Waals surface area (Å²) >= 11 is 0. The van der Waals surface area contributed by atoms with Gasteiger partial charge in [-0.25, -0.2) is 0 Å². The summed E-state index contributed by atoms with van der Waals surface area (Å²) in [6.45, 7) is 2.37. The predicted octanol–water partition coefficient (Wildman–Crippen LogP) is 1.19. The number of nitrogens with one attached hydrogen (secondary N) is 3. The highest BCUT2D eigenvalue weighted by atomic mass is 16.2. The van der Waals surface area contributed by atoms with Crippen molar-refractivity contribution >= 4 is 11.8 Å². The van der Waals surface area contributed by atoms with E-state index in [-0.39, 0.29) is 11.8 Å². The number of rotatable bonds is 9. The van der Waals surface area contributed by atoms with Gasteiger partial charge in [-0.2, -0.15) is 0 Å². The lowest BCUT2D eigenvalue weighted by Gasteiger charge is -2.20. The molecule has 0 aromatic carbocycles. The van der Waals surface area contributed by atoms with Crippen LogP contribution in [0.3, 0.4) is 0 Å². The Morgan fingerprint density at radius 2 is 1.48 bits per heavy atom. The smallest absolute Gasteiger partial charge is 0.234 e. The normalized spacial score (nSPS) is 19.2. The van der Waals surface area contributed by atoms with Crippen LogP contribution < -0.4 is 16.0 Å². The molecule has 0 atom stereocenters.